The van der Waals surface area contributed by atoms with Gasteiger partial charge in [0, 0.05) is 17.4 Å². The molecule has 3 heterocycles. The first kappa shape index (κ1) is 19.5. The highest BCUT2D eigenvalue weighted by Gasteiger charge is 2.54. The van der Waals surface area contributed by atoms with Crippen molar-refractivity contribution in [2.45, 2.75) is 38.6 Å². The summed E-state index contributed by atoms with van der Waals surface area (Å²) < 4.78 is 0. The molecule has 6 heteroatoms. The molecule has 158 valence electrons. The van der Waals surface area contributed by atoms with E-state index in [1.165, 1.54) is 10.6 Å². The smallest absolute Gasteiger partial charge is 0.275 e. The van der Waals surface area contributed by atoms with Crippen molar-refractivity contribution in [1.82, 2.24) is 14.9 Å². The van der Waals surface area contributed by atoms with Crippen molar-refractivity contribution in [2.24, 2.45) is 5.10 Å². The van der Waals surface area contributed by atoms with Crippen molar-refractivity contribution < 1.29 is 9.59 Å². The number of nitrogens with one attached hydrogen (secondary N) is 1. The molecule has 2 amide bonds. The van der Waals surface area contributed by atoms with E-state index in [2.05, 4.69) is 42.1 Å². The number of H-pyrrole nitrogens is 1. The number of piperazine rings is 1. The maximum atomic E-state index is 13.6. The van der Waals surface area contributed by atoms with E-state index in [-0.39, 0.29) is 18.4 Å². The zero-order valence-electron chi connectivity index (χ0n) is 18.1. The molecule has 0 unspecified atom stereocenters. The number of rotatable bonds is 3. The average Bonchev–Trinajstić information content (AvgIpc) is 3.16. The first-order valence-corrected chi connectivity index (χ1v) is 10.8. The quantitative estimate of drug-likeness (QED) is 0.663. The molecule has 0 saturated carbocycles. The van der Waals surface area contributed by atoms with E-state index in [0.29, 0.717) is 12.5 Å². The van der Waals surface area contributed by atoms with Crippen molar-refractivity contribution >= 4 is 28.9 Å². The van der Waals surface area contributed by atoms with Crippen LogP contribution in [0.1, 0.15) is 49.1 Å². The van der Waals surface area contributed by atoms with Crippen LogP contribution in [0.4, 0.5) is 0 Å². The molecule has 1 fully saturated rings. The second kappa shape index (κ2) is 7.08. The first-order valence-electron chi connectivity index (χ1n) is 10.8. The van der Waals surface area contributed by atoms with Gasteiger partial charge in [0.1, 0.15) is 6.54 Å². The standard InChI is InChI=1S/C25H26N4O2/c1-16(2)18-10-8-17(9-11-18)14-26-29-15-22(30)28-13-12-20-19-6-4-5-7-21(19)27-23(20)25(28,3)24(29)31/h4-11,14,16,27H,12-13,15H2,1-3H3/b26-14+/t25-/m1/s1. The summed E-state index contributed by atoms with van der Waals surface area (Å²) >= 11 is 0. The second-order valence-electron chi connectivity index (χ2n) is 8.82. The third-order valence-electron chi connectivity index (χ3n) is 6.61. The van der Waals surface area contributed by atoms with Crippen molar-refractivity contribution in [3.05, 3.63) is 70.9 Å². The Morgan fingerprint density at radius 1 is 1.10 bits per heavy atom. The monoisotopic (exact) mass is 414 g/mol. The van der Waals surface area contributed by atoms with Crippen molar-refractivity contribution in [2.75, 3.05) is 13.1 Å². The number of hydrazone groups is 1. The Balaban J connectivity index is 1.50. The molecule has 3 aromatic rings. The number of carbonyl (C=O) groups excluding carboxylic acids is 2. The number of amides is 2. The van der Waals surface area contributed by atoms with Crippen LogP contribution in [0.25, 0.3) is 10.9 Å². The average molecular weight is 415 g/mol. The summed E-state index contributed by atoms with van der Waals surface area (Å²) in [6.07, 6.45) is 2.39. The van der Waals surface area contributed by atoms with Crippen LogP contribution >= 0.6 is 0 Å². The molecule has 2 aliphatic rings. The largest absolute Gasteiger partial charge is 0.356 e. The number of nitrogens with zero attached hydrogens (tertiary/aromatic N) is 3. The lowest BCUT2D eigenvalue weighted by Crippen LogP contribution is -2.65. The minimum Gasteiger partial charge on any atom is -0.356 e. The molecular formula is C25H26N4O2. The highest BCUT2D eigenvalue weighted by atomic mass is 16.2. The van der Waals surface area contributed by atoms with Crippen molar-refractivity contribution in [1.29, 1.82) is 0 Å². The summed E-state index contributed by atoms with van der Waals surface area (Å²) in [5.41, 5.74) is 3.97. The number of hydrogen-bond acceptors (Lipinski definition) is 3. The van der Waals surface area contributed by atoms with Crippen LogP contribution < -0.4 is 0 Å². The fourth-order valence-corrected chi connectivity index (χ4v) is 4.79. The molecule has 5 rings (SSSR count). The molecule has 2 aliphatic heterocycles. The highest BCUT2D eigenvalue weighted by Crippen LogP contribution is 2.41. The van der Waals surface area contributed by atoms with Gasteiger partial charge in [-0.1, -0.05) is 56.3 Å². The molecule has 6 nitrogen and oxygen atoms in total. The number of benzene rings is 2. The Morgan fingerprint density at radius 3 is 2.58 bits per heavy atom. The van der Waals surface area contributed by atoms with E-state index >= 15 is 0 Å². The predicted molar refractivity (Wildman–Crippen MR) is 121 cm³/mol. The highest BCUT2D eigenvalue weighted by molar-refractivity contribution is 6.01. The number of para-hydroxylation sites is 1. The Hall–Kier alpha value is -3.41. The molecule has 0 aliphatic carbocycles. The van der Waals surface area contributed by atoms with Crippen LogP contribution in [-0.2, 0) is 21.5 Å². The predicted octanol–water partition coefficient (Wildman–Crippen LogP) is 3.77. The molecule has 0 radical (unpaired) electrons. The van der Waals surface area contributed by atoms with Gasteiger partial charge in [0.2, 0.25) is 5.91 Å². The lowest BCUT2D eigenvalue weighted by atomic mass is 9.83. The first-order chi connectivity index (χ1) is 14.9. The number of hydrogen-bond donors (Lipinski definition) is 1. The van der Waals surface area contributed by atoms with Crippen molar-refractivity contribution in [3.63, 3.8) is 0 Å². The van der Waals surface area contributed by atoms with Crippen LogP contribution in [0.3, 0.4) is 0 Å². The van der Waals surface area contributed by atoms with E-state index < -0.39 is 5.54 Å². The number of aromatic nitrogens is 1. The summed E-state index contributed by atoms with van der Waals surface area (Å²) in [4.78, 5) is 31.7. The molecule has 0 bridgehead atoms. The molecule has 31 heavy (non-hydrogen) atoms. The van der Waals surface area contributed by atoms with Gasteiger partial charge in [-0.3, -0.25) is 9.59 Å². The third-order valence-corrected chi connectivity index (χ3v) is 6.61. The van der Waals surface area contributed by atoms with Gasteiger partial charge in [-0.05, 0) is 42.0 Å². The van der Waals surface area contributed by atoms with Gasteiger partial charge in [0.05, 0.1) is 11.9 Å². The van der Waals surface area contributed by atoms with Crippen molar-refractivity contribution in [3.8, 4) is 0 Å². The minimum atomic E-state index is -1.08. The van der Waals surface area contributed by atoms with Gasteiger partial charge < -0.3 is 9.88 Å². The molecule has 1 atom stereocenters. The number of fused-ring (bicyclic) bond motifs is 5. The fourth-order valence-electron chi connectivity index (χ4n) is 4.79. The Kier molecular flexibility index (Phi) is 4.46. The van der Waals surface area contributed by atoms with Gasteiger partial charge in [0.25, 0.3) is 5.91 Å². The summed E-state index contributed by atoms with van der Waals surface area (Å²) in [5, 5.41) is 6.85. The molecule has 1 aromatic heterocycles. The molecule has 0 spiro atoms. The van der Waals surface area contributed by atoms with E-state index in [0.717, 1.165) is 34.1 Å². The Morgan fingerprint density at radius 2 is 1.84 bits per heavy atom. The SMILES string of the molecule is CC(C)c1ccc(/C=N/N2CC(=O)N3CCc4c([nH]c5ccccc45)[C@]3(C)C2=O)cc1. The summed E-state index contributed by atoms with van der Waals surface area (Å²) in [6, 6.07) is 16.1. The van der Waals surface area contributed by atoms with E-state index in [1.54, 1.807) is 11.1 Å². The van der Waals surface area contributed by atoms with Crippen LogP contribution in [0.2, 0.25) is 0 Å². The number of aromatic amines is 1. The second-order valence-corrected chi connectivity index (χ2v) is 8.82. The maximum Gasteiger partial charge on any atom is 0.275 e. The van der Waals surface area contributed by atoms with E-state index in [1.807, 2.05) is 37.3 Å². The van der Waals surface area contributed by atoms with Crippen LogP contribution in [0.15, 0.2) is 53.6 Å². The Labute approximate surface area is 181 Å². The summed E-state index contributed by atoms with van der Waals surface area (Å²) in [5.74, 6) is 0.184. The van der Waals surface area contributed by atoms with Gasteiger partial charge in [-0.15, -0.1) is 0 Å². The van der Waals surface area contributed by atoms with Crippen LogP contribution in [0.5, 0.6) is 0 Å². The third kappa shape index (κ3) is 2.97. The van der Waals surface area contributed by atoms with Crippen LogP contribution in [-0.4, -0.2) is 46.0 Å². The lowest BCUT2D eigenvalue weighted by Gasteiger charge is -2.48. The zero-order chi connectivity index (χ0) is 21.8. The van der Waals surface area contributed by atoms with Gasteiger partial charge >= 0.3 is 0 Å². The lowest BCUT2D eigenvalue weighted by molar-refractivity contribution is -0.165. The zero-order valence-corrected chi connectivity index (χ0v) is 18.1. The van der Waals surface area contributed by atoms with Crippen LogP contribution in [0, 0.1) is 0 Å². The minimum absolute atomic E-state index is 0.0371. The molecule has 1 N–H and O–H groups in total. The Bertz CT molecular complexity index is 1210. The molecule has 2 aromatic carbocycles. The maximum absolute atomic E-state index is 13.6. The summed E-state index contributed by atoms with van der Waals surface area (Å²) in [7, 11) is 0. The number of carbonyl (C=O) groups is 2. The van der Waals surface area contributed by atoms with E-state index in [9.17, 15) is 9.59 Å². The van der Waals surface area contributed by atoms with Gasteiger partial charge in [-0.25, -0.2) is 5.01 Å². The molecular weight excluding hydrogens is 388 g/mol. The fraction of sp³-hybridized carbons (Fsp3) is 0.320. The van der Waals surface area contributed by atoms with E-state index in [4.69, 9.17) is 0 Å². The topological polar surface area (TPSA) is 68.8 Å². The van der Waals surface area contributed by atoms with Gasteiger partial charge in [0.15, 0.2) is 5.54 Å². The molecule has 1 saturated heterocycles. The summed E-state index contributed by atoms with van der Waals surface area (Å²) in [6.45, 7) is 6.63. The van der Waals surface area contributed by atoms with Gasteiger partial charge in [-0.2, -0.15) is 5.10 Å². The normalized spacial score (nSPS) is 21.3.